The molecule has 3 rings (SSSR count). The highest BCUT2D eigenvalue weighted by molar-refractivity contribution is 9.10. The molecule has 0 radical (unpaired) electrons. The number of aromatic nitrogens is 2. The standard InChI is InChI=1S/C15H10Br2N2O/c1-8-2-3-9(16)4-11(8)14(20)13-7-19-15-12(13)5-10(17)6-18-15/h2-7H,1H3,(H,18,19). The van der Waals surface area contributed by atoms with Gasteiger partial charge in [0.2, 0.25) is 0 Å². The van der Waals surface area contributed by atoms with E-state index in [2.05, 4.69) is 41.8 Å². The molecular formula is C15H10Br2N2O. The van der Waals surface area contributed by atoms with Crippen molar-refractivity contribution in [2.45, 2.75) is 6.92 Å². The molecular weight excluding hydrogens is 384 g/mol. The smallest absolute Gasteiger partial charge is 0.195 e. The first kappa shape index (κ1) is 13.5. The lowest BCUT2D eigenvalue weighted by Crippen LogP contribution is -2.03. The van der Waals surface area contributed by atoms with E-state index in [1.165, 1.54) is 0 Å². The van der Waals surface area contributed by atoms with Crippen molar-refractivity contribution >= 4 is 48.7 Å². The van der Waals surface area contributed by atoms with Crippen molar-refractivity contribution in [1.29, 1.82) is 0 Å². The normalized spacial score (nSPS) is 10.9. The number of carbonyl (C=O) groups is 1. The van der Waals surface area contributed by atoms with Crippen LogP contribution in [0.1, 0.15) is 21.5 Å². The molecule has 20 heavy (non-hydrogen) atoms. The van der Waals surface area contributed by atoms with E-state index in [-0.39, 0.29) is 5.78 Å². The van der Waals surface area contributed by atoms with E-state index in [0.717, 1.165) is 19.9 Å². The monoisotopic (exact) mass is 392 g/mol. The molecule has 0 unspecified atom stereocenters. The molecule has 100 valence electrons. The van der Waals surface area contributed by atoms with Crippen LogP contribution in [0.2, 0.25) is 0 Å². The van der Waals surface area contributed by atoms with Gasteiger partial charge in [0.15, 0.2) is 5.78 Å². The molecule has 0 spiro atoms. The van der Waals surface area contributed by atoms with Gasteiger partial charge in [0.1, 0.15) is 5.65 Å². The lowest BCUT2D eigenvalue weighted by molar-refractivity contribution is 0.103. The molecule has 0 saturated carbocycles. The predicted molar refractivity (Wildman–Crippen MR) is 86.1 cm³/mol. The third-order valence-corrected chi connectivity index (χ3v) is 4.11. The molecule has 0 bridgehead atoms. The minimum absolute atomic E-state index is 0.00468. The molecule has 1 aromatic carbocycles. The summed E-state index contributed by atoms with van der Waals surface area (Å²) in [6.07, 6.45) is 3.42. The second-order valence-corrected chi connectivity index (χ2v) is 6.37. The van der Waals surface area contributed by atoms with Gasteiger partial charge in [0.05, 0.1) is 0 Å². The Kier molecular flexibility index (Phi) is 3.48. The molecule has 3 aromatic rings. The van der Waals surface area contributed by atoms with E-state index in [1.807, 2.05) is 31.2 Å². The maximum Gasteiger partial charge on any atom is 0.195 e. The Morgan fingerprint density at radius 2 is 1.95 bits per heavy atom. The number of hydrogen-bond donors (Lipinski definition) is 1. The summed E-state index contributed by atoms with van der Waals surface area (Å²) in [5, 5.41) is 0.823. The van der Waals surface area contributed by atoms with Crippen molar-refractivity contribution < 1.29 is 4.79 Å². The van der Waals surface area contributed by atoms with Gasteiger partial charge >= 0.3 is 0 Å². The van der Waals surface area contributed by atoms with E-state index in [0.29, 0.717) is 16.8 Å². The van der Waals surface area contributed by atoms with Crippen LogP contribution in [-0.2, 0) is 0 Å². The number of halogens is 2. The summed E-state index contributed by atoms with van der Waals surface area (Å²) >= 11 is 6.80. The Morgan fingerprint density at radius 3 is 2.75 bits per heavy atom. The highest BCUT2D eigenvalue weighted by atomic mass is 79.9. The zero-order valence-corrected chi connectivity index (χ0v) is 13.7. The van der Waals surface area contributed by atoms with E-state index in [9.17, 15) is 4.79 Å². The number of ketones is 1. The maximum atomic E-state index is 12.7. The molecule has 0 aliphatic rings. The van der Waals surface area contributed by atoms with Crippen molar-refractivity contribution in [3.63, 3.8) is 0 Å². The van der Waals surface area contributed by atoms with Gasteiger partial charge in [0.25, 0.3) is 0 Å². The molecule has 1 N–H and O–H groups in total. The van der Waals surface area contributed by atoms with Crippen molar-refractivity contribution in [3.8, 4) is 0 Å². The van der Waals surface area contributed by atoms with Crippen molar-refractivity contribution in [1.82, 2.24) is 9.97 Å². The molecule has 0 atom stereocenters. The van der Waals surface area contributed by atoms with Gasteiger partial charge in [-0.15, -0.1) is 0 Å². The summed E-state index contributed by atoms with van der Waals surface area (Å²) in [6.45, 7) is 1.93. The molecule has 0 amide bonds. The average Bonchev–Trinajstić information content (AvgIpc) is 2.83. The number of nitrogens with zero attached hydrogens (tertiary/aromatic N) is 1. The number of aromatic amines is 1. The zero-order chi connectivity index (χ0) is 14.3. The minimum Gasteiger partial charge on any atom is -0.345 e. The second kappa shape index (κ2) is 5.14. The first-order valence-corrected chi connectivity index (χ1v) is 7.58. The van der Waals surface area contributed by atoms with Gasteiger partial charge in [-0.1, -0.05) is 22.0 Å². The molecule has 0 aliphatic heterocycles. The van der Waals surface area contributed by atoms with Crippen LogP contribution in [0.25, 0.3) is 11.0 Å². The lowest BCUT2D eigenvalue weighted by Gasteiger charge is -2.05. The summed E-state index contributed by atoms with van der Waals surface area (Å²) < 4.78 is 1.75. The van der Waals surface area contributed by atoms with Crippen LogP contribution in [0.5, 0.6) is 0 Å². The third kappa shape index (κ3) is 2.31. The number of aryl methyl sites for hydroxylation is 1. The summed E-state index contributed by atoms with van der Waals surface area (Å²) in [5.41, 5.74) is 3.00. The van der Waals surface area contributed by atoms with Gasteiger partial charge in [-0.25, -0.2) is 4.98 Å². The van der Waals surface area contributed by atoms with E-state index < -0.39 is 0 Å². The number of benzene rings is 1. The number of H-pyrrole nitrogens is 1. The average molecular weight is 394 g/mol. The molecule has 2 heterocycles. The highest BCUT2D eigenvalue weighted by Crippen LogP contribution is 2.25. The van der Waals surface area contributed by atoms with Gasteiger partial charge < -0.3 is 4.98 Å². The molecule has 5 heteroatoms. The fourth-order valence-corrected chi connectivity index (χ4v) is 2.84. The van der Waals surface area contributed by atoms with Gasteiger partial charge in [-0.3, -0.25) is 4.79 Å². The van der Waals surface area contributed by atoms with Gasteiger partial charge in [0, 0.05) is 37.9 Å². The van der Waals surface area contributed by atoms with Crippen LogP contribution in [0.15, 0.2) is 45.6 Å². The van der Waals surface area contributed by atoms with Crippen LogP contribution < -0.4 is 0 Å². The topological polar surface area (TPSA) is 45.8 Å². The first-order chi connectivity index (χ1) is 9.56. The van der Waals surface area contributed by atoms with Crippen LogP contribution in [-0.4, -0.2) is 15.8 Å². The quantitative estimate of drug-likeness (QED) is 0.645. The number of pyridine rings is 1. The van der Waals surface area contributed by atoms with Crippen LogP contribution in [0.3, 0.4) is 0 Å². The van der Waals surface area contributed by atoms with Gasteiger partial charge in [-0.05, 0) is 46.6 Å². The predicted octanol–water partition coefficient (Wildman–Crippen LogP) is 4.63. The Bertz CT molecular complexity index is 824. The number of hydrogen-bond acceptors (Lipinski definition) is 2. The maximum absolute atomic E-state index is 12.7. The number of rotatable bonds is 2. The van der Waals surface area contributed by atoms with Crippen LogP contribution in [0, 0.1) is 6.92 Å². The Morgan fingerprint density at radius 1 is 1.15 bits per heavy atom. The molecule has 0 aliphatic carbocycles. The minimum atomic E-state index is -0.00468. The number of nitrogens with one attached hydrogen (secondary N) is 1. The van der Waals surface area contributed by atoms with Crippen molar-refractivity contribution in [2.24, 2.45) is 0 Å². The van der Waals surface area contributed by atoms with E-state index >= 15 is 0 Å². The first-order valence-electron chi connectivity index (χ1n) is 6.00. The summed E-state index contributed by atoms with van der Waals surface area (Å²) in [6, 6.07) is 7.61. The molecule has 3 nitrogen and oxygen atoms in total. The Balaban J connectivity index is 2.17. The largest absolute Gasteiger partial charge is 0.345 e. The second-order valence-electron chi connectivity index (χ2n) is 4.54. The Hall–Kier alpha value is -1.46. The highest BCUT2D eigenvalue weighted by Gasteiger charge is 2.17. The van der Waals surface area contributed by atoms with Crippen molar-refractivity contribution in [2.75, 3.05) is 0 Å². The van der Waals surface area contributed by atoms with Crippen LogP contribution >= 0.6 is 31.9 Å². The Labute approximate surface area is 132 Å². The SMILES string of the molecule is Cc1ccc(Br)cc1C(=O)c1c[nH]c2ncc(Br)cc12. The molecule has 0 fully saturated rings. The zero-order valence-electron chi connectivity index (χ0n) is 10.6. The molecule has 0 saturated heterocycles. The molecule has 2 aromatic heterocycles. The van der Waals surface area contributed by atoms with Gasteiger partial charge in [-0.2, -0.15) is 0 Å². The fourth-order valence-electron chi connectivity index (χ4n) is 2.15. The van der Waals surface area contributed by atoms with Crippen molar-refractivity contribution in [3.05, 3.63) is 62.3 Å². The number of carbonyl (C=O) groups excluding carboxylic acids is 1. The van der Waals surface area contributed by atoms with E-state index in [4.69, 9.17) is 0 Å². The summed E-state index contributed by atoms with van der Waals surface area (Å²) in [7, 11) is 0. The fraction of sp³-hybridized carbons (Fsp3) is 0.0667. The summed E-state index contributed by atoms with van der Waals surface area (Å²) in [5.74, 6) is -0.00468. The third-order valence-electron chi connectivity index (χ3n) is 3.19. The lowest BCUT2D eigenvalue weighted by atomic mass is 9.99. The van der Waals surface area contributed by atoms with Crippen LogP contribution in [0.4, 0.5) is 0 Å². The summed E-state index contributed by atoms with van der Waals surface area (Å²) in [4.78, 5) is 20.0. The number of fused-ring (bicyclic) bond motifs is 1. The van der Waals surface area contributed by atoms with E-state index in [1.54, 1.807) is 12.4 Å².